The highest BCUT2D eigenvalue weighted by Crippen LogP contribution is 2.10. The van der Waals surface area contributed by atoms with Gasteiger partial charge >= 0.3 is 5.97 Å². The van der Waals surface area contributed by atoms with Crippen molar-refractivity contribution >= 4 is 5.97 Å². The van der Waals surface area contributed by atoms with E-state index in [9.17, 15) is 4.79 Å². The second-order valence-electron chi connectivity index (χ2n) is 5.62. The number of esters is 1. The molecule has 0 amide bonds. The number of hydrogen-bond acceptors (Lipinski definition) is 4. The molecule has 2 N–H and O–H groups in total. The lowest BCUT2D eigenvalue weighted by molar-refractivity contribution is -0.157. The Morgan fingerprint density at radius 1 is 1.24 bits per heavy atom. The SMILES string of the molecule is C1CCOC1.CC(C)C(N)C(=O)OC(C)(C)C. The van der Waals surface area contributed by atoms with E-state index in [0.717, 1.165) is 13.2 Å². The third-order valence-corrected chi connectivity index (χ3v) is 2.22. The first-order chi connectivity index (χ1) is 7.74. The molecule has 1 aliphatic heterocycles. The van der Waals surface area contributed by atoms with Crippen LogP contribution in [0.15, 0.2) is 0 Å². The molecule has 0 aromatic rings. The average molecular weight is 245 g/mol. The minimum atomic E-state index is -0.510. The standard InChI is InChI=1S/C9H19NO2.C4H8O/c1-6(2)7(10)8(11)12-9(3,4)5;1-2-4-5-3-1/h6-7H,10H2,1-5H3;1-4H2. The molecule has 0 radical (unpaired) electrons. The molecule has 0 aliphatic carbocycles. The van der Waals surface area contributed by atoms with E-state index in [1.165, 1.54) is 12.8 Å². The maximum Gasteiger partial charge on any atom is 0.323 e. The zero-order chi connectivity index (χ0) is 13.5. The van der Waals surface area contributed by atoms with Crippen molar-refractivity contribution in [2.75, 3.05) is 13.2 Å². The van der Waals surface area contributed by atoms with E-state index < -0.39 is 11.6 Å². The average Bonchev–Trinajstić information content (AvgIpc) is 2.71. The van der Waals surface area contributed by atoms with Gasteiger partial charge in [0.05, 0.1) is 0 Å². The Hall–Kier alpha value is -0.610. The fourth-order valence-electron chi connectivity index (χ4n) is 1.15. The molecule has 0 aromatic heterocycles. The van der Waals surface area contributed by atoms with E-state index in [2.05, 4.69) is 0 Å². The van der Waals surface area contributed by atoms with Gasteiger partial charge in [0.25, 0.3) is 0 Å². The number of ether oxygens (including phenoxy) is 2. The van der Waals surface area contributed by atoms with Crippen LogP contribution < -0.4 is 5.73 Å². The fourth-order valence-corrected chi connectivity index (χ4v) is 1.15. The maximum absolute atomic E-state index is 11.3. The molecular formula is C13H27NO3. The summed E-state index contributed by atoms with van der Waals surface area (Å²) in [7, 11) is 0. The highest BCUT2D eigenvalue weighted by Gasteiger charge is 2.23. The lowest BCUT2D eigenvalue weighted by atomic mass is 10.1. The van der Waals surface area contributed by atoms with E-state index in [0.29, 0.717) is 0 Å². The first-order valence-electron chi connectivity index (χ1n) is 6.30. The van der Waals surface area contributed by atoms with Crippen molar-refractivity contribution < 1.29 is 14.3 Å². The van der Waals surface area contributed by atoms with E-state index in [1.54, 1.807) is 0 Å². The van der Waals surface area contributed by atoms with Crippen LogP contribution in [0.3, 0.4) is 0 Å². The molecule has 0 aromatic carbocycles. The van der Waals surface area contributed by atoms with Crippen LogP contribution in [0.5, 0.6) is 0 Å². The zero-order valence-electron chi connectivity index (χ0n) is 11.8. The van der Waals surface area contributed by atoms with Gasteiger partial charge in [-0.15, -0.1) is 0 Å². The topological polar surface area (TPSA) is 61.5 Å². The van der Waals surface area contributed by atoms with Gasteiger partial charge in [0.15, 0.2) is 0 Å². The zero-order valence-corrected chi connectivity index (χ0v) is 11.8. The Labute approximate surface area is 105 Å². The van der Waals surface area contributed by atoms with Gasteiger partial charge in [-0.2, -0.15) is 0 Å². The first-order valence-corrected chi connectivity index (χ1v) is 6.30. The van der Waals surface area contributed by atoms with E-state index >= 15 is 0 Å². The largest absolute Gasteiger partial charge is 0.459 e. The molecule has 4 heteroatoms. The molecule has 1 unspecified atom stereocenters. The van der Waals surface area contributed by atoms with E-state index in [-0.39, 0.29) is 11.9 Å². The lowest BCUT2D eigenvalue weighted by Gasteiger charge is -2.23. The molecule has 1 saturated heterocycles. The van der Waals surface area contributed by atoms with Crippen LogP contribution in [0.25, 0.3) is 0 Å². The number of carbonyl (C=O) groups is 1. The van der Waals surface area contributed by atoms with Gasteiger partial charge < -0.3 is 15.2 Å². The maximum atomic E-state index is 11.3. The van der Waals surface area contributed by atoms with Crippen LogP contribution in [-0.2, 0) is 14.3 Å². The molecular weight excluding hydrogens is 218 g/mol. The molecule has 1 atom stereocenters. The third kappa shape index (κ3) is 9.12. The minimum Gasteiger partial charge on any atom is -0.459 e. The molecule has 4 nitrogen and oxygen atoms in total. The number of hydrogen-bond donors (Lipinski definition) is 1. The quantitative estimate of drug-likeness (QED) is 0.757. The van der Waals surface area contributed by atoms with Crippen LogP contribution in [0.1, 0.15) is 47.5 Å². The predicted molar refractivity (Wildman–Crippen MR) is 68.7 cm³/mol. The molecule has 1 aliphatic rings. The van der Waals surface area contributed by atoms with E-state index in [4.69, 9.17) is 15.2 Å². The summed E-state index contributed by atoms with van der Waals surface area (Å²) in [5.41, 5.74) is 5.15. The van der Waals surface area contributed by atoms with Crippen LogP contribution in [0.4, 0.5) is 0 Å². The van der Waals surface area contributed by atoms with Crippen LogP contribution in [0, 0.1) is 5.92 Å². The Morgan fingerprint density at radius 2 is 1.71 bits per heavy atom. The summed E-state index contributed by atoms with van der Waals surface area (Å²) in [4.78, 5) is 11.3. The van der Waals surface area contributed by atoms with Gasteiger partial charge in [0.2, 0.25) is 0 Å². The smallest absolute Gasteiger partial charge is 0.323 e. The number of nitrogens with two attached hydrogens (primary N) is 1. The number of carbonyl (C=O) groups excluding carboxylic acids is 1. The van der Waals surface area contributed by atoms with E-state index in [1.807, 2.05) is 34.6 Å². The molecule has 17 heavy (non-hydrogen) atoms. The third-order valence-electron chi connectivity index (χ3n) is 2.22. The predicted octanol–water partition coefficient (Wildman–Crippen LogP) is 2.11. The second-order valence-corrected chi connectivity index (χ2v) is 5.62. The van der Waals surface area contributed by atoms with Crippen molar-refractivity contribution in [1.29, 1.82) is 0 Å². The number of rotatable bonds is 2. The summed E-state index contributed by atoms with van der Waals surface area (Å²) < 4.78 is 10.0. The van der Waals surface area contributed by atoms with Crippen molar-refractivity contribution in [3.63, 3.8) is 0 Å². The second kappa shape index (κ2) is 7.67. The molecule has 1 fully saturated rings. The van der Waals surface area contributed by atoms with Gasteiger partial charge in [-0.1, -0.05) is 13.8 Å². The molecule has 0 bridgehead atoms. The minimum absolute atomic E-state index is 0.125. The van der Waals surface area contributed by atoms with Crippen molar-refractivity contribution in [2.24, 2.45) is 11.7 Å². The monoisotopic (exact) mass is 245 g/mol. The van der Waals surface area contributed by atoms with Gasteiger partial charge in [-0.05, 0) is 39.5 Å². The lowest BCUT2D eigenvalue weighted by Crippen LogP contribution is -2.40. The summed E-state index contributed by atoms with van der Waals surface area (Å²) in [5.74, 6) is -0.197. The summed E-state index contributed by atoms with van der Waals surface area (Å²) in [5, 5.41) is 0. The fraction of sp³-hybridized carbons (Fsp3) is 0.923. The molecule has 1 heterocycles. The van der Waals surface area contributed by atoms with Gasteiger partial charge in [-0.3, -0.25) is 4.79 Å². The highest BCUT2D eigenvalue weighted by atomic mass is 16.6. The van der Waals surface area contributed by atoms with Gasteiger partial charge in [0, 0.05) is 13.2 Å². The summed E-state index contributed by atoms with van der Waals surface area (Å²) in [6, 6.07) is -0.510. The summed E-state index contributed by atoms with van der Waals surface area (Å²) >= 11 is 0. The first kappa shape index (κ1) is 16.4. The van der Waals surface area contributed by atoms with Crippen molar-refractivity contribution in [3.05, 3.63) is 0 Å². The molecule has 1 rings (SSSR count). The van der Waals surface area contributed by atoms with Crippen LogP contribution in [0.2, 0.25) is 0 Å². The highest BCUT2D eigenvalue weighted by molar-refractivity contribution is 5.76. The normalized spacial score (nSPS) is 17.4. The Morgan fingerprint density at radius 3 is 1.94 bits per heavy atom. The van der Waals surface area contributed by atoms with Crippen LogP contribution >= 0.6 is 0 Å². The summed E-state index contributed by atoms with van der Waals surface area (Å²) in [6.45, 7) is 11.3. The molecule has 102 valence electrons. The Bertz CT molecular complexity index is 210. The van der Waals surface area contributed by atoms with Gasteiger partial charge in [-0.25, -0.2) is 0 Å². The van der Waals surface area contributed by atoms with Crippen molar-refractivity contribution in [1.82, 2.24) is 0 Å². The Balaban J connectivity index is 0.000000419. The Kier molecular flexibility index (Phi) is 7.39. The van der Waals surface area contributed by atoms with Crippen molar-refractivity contribution in [2.45, 2.75) is 59.1 Å². The van der Waals surface area contributed by atoms with Crippen molar-refractivity contribution in [3.8, 4) is 0 Å². The molecule has 0 saturated carbocycles. The van der Waals surface area contributed by atoms with Crippen LogP contribution in [-0.4, -0.2) is 30.8 Å². The van der Waals surface area contributed by atoms with Gasteiger partial charge in [0.1, 0.15) is 11.6 Å². The molecule has 0 spiro atoms. The summed E-state index contributed by atoms with van der Waals surface area (Å²) in [6.07, 6.45) is 2.56.